The molecule has 0 aromatic heterocycles. The molecule has 3 heteroatoms. The van der Waals surface area contributed by atoms with Crippen molar-refractivity contribution in [2.24, 2.45) is 5.92 Å². The third-order valence-corrected chi connectivity index (χ3v) is 3.24. The molecule has 0 saturated carbocycles. The van der Waals surface area contributed by atoms with Gasteiger partial charge in [0.25, 0.3) is 0 Å². The molecule has 0 amide bonds. The van der Waals surface area contributed by atoms with Crippen LogP contribution in [0.15, 0.2) is 24.3 Å². The van der Waals surface area contributed by atoms with Crippen molar-refractivity contribution in [1.82, 2.24) is 0 Å². The fourth-order valence-corrected chi connectivity index (χ4v) is 2.32. The van der Waals surface area contributed by atoms with E-state index in [1.807, 2.05) is 24.3 Å². The van der Waals surface area contributed by atoms with Crippen LogP contribution in [0.5, 0.6) is 0 Å². The van der Waals surface area contributed by atoms with Gasteiger partial charge in [-0.1, -0.05) is 29.8 Å². The molecule has 0 bridgehead atoms. The van der Waals surface area contributed by atoms with E-state index in [1.54, 1.807) is 0 Å². The fraction of sp³-hybridized carbons (Fsp3) is 0.500. The number of benzene rings is 1. The number of ether oxygens (including phenoxy) is 1. The van der Waals surface area contributed by atoms with Gasteiger partial charge in [-0.05, 0) is 24.5 Å². The maximum Gasteiger partial charge on any atom is 0.0889 e. The zero-order valence-electron chi connectivity index (χ0n) is 8.53. The Morgan fingerprint density at radius 3 is 2.93 bits per heavy atom. The summed E-state index contributed by atoms with van der Waals surface area (Å²) in [6.07, 6.45) is 1.98. The van der Waals surface area contributed by atoms with Gasteiger partial charge >= 0.3 is 0 Å². The Balaban J connectivity index is 2.24. The van der Waals surface area contributed by atoms with Crippen molar-refractivity contribution in [3.8, 4) is 0 Å². The Kier molecular flexibility index (Phi) is 3.62. The lowest BCUT2D eigenvalue weighted by Gasteiger charge is -2.31. The quantitative estimate of drug-likeness (QED) is 0.841. The van der Waals surface area contributed by atoms with E-state index < -0.39 is 0 Å². The first-order valence-corrected chi connectivity index (χ1v) is 5.67. The average Bonchev–Trinajstić information content (AvgIpc) is 2.30. The van der Waals surface area contributed by atoms with Crippen LogP contribution in [0, 0.1) is 5.92 Å². The summed E-state index contributed by atoms with van der Waals surface area (Å²) in [7, 11) is 0. The lowest BCUT2D eigenvalue weighted by Crippen LogP contribution is -2.25. The van der Waals surface area contributed by atoms with Gasteiger partial charge in [0.05, 0.1) is 6.10 Å². The Morgan fingerprint density at radius 2 is 2.20 bits per heavy atom. The molecule has 0 aliphatic carbocycles. The molecule has 2 nitrogen and oxygen atoms in total. The number of hydrogen-bond acceptors (Lipinski definition) is 2. The summed E-state index contributed by atoms with van der Waals surface area (Å²) >= 11 is 6.12. The molecular weight excluding hydrogens is 212 g/mol. The Hall–Kier alpha value is -0.570. The van der Waals surface area contributed by atoms with Crippen LogP contribution < -0.4 is 0 Å². The highest BCUT2D eigenvalue weighted by molar-refractivity contribution is 6.31. The lowest BCUT2D eigenvalue weighted by atomic mass is 9.90. The van der Waals surface area contributed by atoms with Crippen LogP contribution in [0.2, 0.25) is 5.02 Å². The van der Waals surface area contributed by atoms with E-state index in [2.05, 4.69) is 0 Å². The Labute approximate surface area is 94.8 Å². The molecule has 82 valence electrons. The van der Waals surface area contributed by atoms with Gasteiger partial charge in [-0.3, -0.25) is 0 Å². The highest BCUT2D eigenvalue weighted by Crippen LogP contribution is 2.36. The summed E-state index contributed by atoms with van der Waals surface area (Å²) in [6, 6.07) is 7.69. The van der Waals surface area contributed by atoms with Crippen molar-refractivity contribution < 1.29 is 9.84 Å². The Morgan fingerprint density at radius 1 is 1.40 bits per heavy atom. The number of aliphatic hydroxyl groups excluding tert-OH is 1. The summed E-state index contributed by atoms with van der Waals surface area (Å²) in [4.78, 5) is 0. The van der Waals surface area contributed by atoms with E-state index in [-0.39, 0.29) is 18.6 Å². The highest BCUT2D eigenvalue weighted by Gasteiger charge is 2.27. The van der Waals surface area contributed by atoms with Crippen LogP contribution >= 0.6 is 11.6 Å². The minimum Gasteiger partial charge on any atom is -0.396 e. The minimum atomic E-state index is -0.0440. The maximum absolute atomic E-state index is 9.29. The molecule has 1 aliphatic rings. The topological polar surface area (TPSA) is 29.5 Å². The minimum absolute atomic E-state index is 0.0440. The average molecular weight is 227 g/mol. The maximum atomic E-state index is 9.29. The number of halogens is 1. The highest BCUT2D eigenvalue weighted by atomic mass is 35.5. The summed E-state index contributed by atoms with van der Waals surface area (Å²) < 4.78 is 5.70. The van der Waals surface area contributed by atoms with Crippen LogP contribution in [0.25, 0.3) is 0 Å². The van der Waals surface area contributed by atoms with Crippen LogP contribution in [0.3, 0.4) is 0 Å². The number of hydrogen-bond donors (Lipinski definition) is 1. The monoisotopic (exact) mass is 226 g/mol. The second-order valence-electron chi connectivity index (χ2n) is 3.90. The molecule has 1 aliphatic heterocycles. The van der Waals surface area contributed by atoms with Crippen molar-refractivity contribution in [2.45, 2.75) is 18.9 Å². The molecule has 1 saturated heterocycles. The molecule has 1 N–H and O–H groups in total. The molecule has 1 aromatic rings. The Bertz CT molecular complexity index is 327. The van der Waals surface area contributed by atoms with Gasteiger partial charge in [0, 0.05) is 24.2 Å². The van der Waals surface area contributed by atoms with Crippen LogP contribution in [0.1, 0.15) is 24.5 Å². The first-order chi connectivity index (χ1) is 7.33. The van der Waals surface area contributed by atoms with Crippen molar-refractivity contribution in [3.63, 3.8) is 0 Å². The smallest absolute Gasteiger partial charge is 0.0889 e. The van der Waals surface area contributed by atoms with Gasteiger partial charge in [-0.25, -0.2) is 0 Å². The van der Waals surface area contributed by atoms with E-state index in [1.165, 1.54) is 0 Å². The molecule has 1 aromatic carbocycles. The van der Waals surface area contributed by atoms with Gasteiger partial charge in [0.1, 0.15) is 0 Å². The van der Waals surface area contributed by atoms with Crippen molar-refractivity contribution in [1.29, 1.82) is 0 Å². The van der Waals surface area contributed by atoms with Crippen LogP contribution in [-0.4, -0.2) is 18.3 Å². The zero-order valence-corrected chi connectivity index (χ0v) is 9.28. The molecule has 1 fully saturated rings. The van der Waals surface area contributed by atoms with E-state index in [9.17, 15) is 5.11 Å². The van der Waals surface area contributed by atoms with Crippen molar-refractivity contribution >= 4 is 11.6 Å². The summed E-state index contributed by atoms with van der Waals surface area (Å²) in [5, 5.41) is 10.0. The molecule has 2 unspecified atom stereocenters. The SMILES string of the molecule is OCC1CCCOC1c1ccccc1Cl. The molecule has 15 heavy (non-hydrogen) atoms. The predicted molar refractivity (Wildman–Crippen MR) is 60.0 cm³/mol. The molecule has 1 heterocycles. The van der Waals surface area contributed by atoms with Gasteiger partial charge in [0.15, 0.2) is 0 Å². The molecule has 2 rings (SSSR count). The van der Waals surface area contributed by atoms with Gasteiger partial charge in [0.2, 0.25) is 0 Å². The summed E-state index contributed by atoms with van der Waals surface area (Å²) in [6.45, 7) is 0.919. The van der Waals surface area contributed by atoms with E-state index in [0.29, 0.717) is 0 Å². The largest absolute Gasteiger partial charge is 0.396 e. The van der Waals surface area contributed by atoms with Gasteiger partial charge in [-0.2, -0.15) is 0 Å². The summed E-state index contributed by atoms with van der Waals surface area (Å²) in [5.41, 5.74) is 0.998. The first-order valence-electron chi connectivity index (χ1n) is 5.30. The van der Waals surface area contributed by atoms with E-state index in [0.717, 1.165) is 30.0 Å². The first kappa shape index (κ1) is 10.9. The van der Waals surface area contributed by atoms with Crippen LogP contribution in [-0.2, 0) is 4.74 Å². The van der Waals surface area contributed by atoms with Gasteiger partial charge < -0.3 is 9.84 Å². The third kappa shape index (κ3) is 2.33. The van der Waals surface area contributed by atoms with Crippen molar-refractivity contribution in [3.05, 3.63) is 34.9 Å². The second-order valence-corrected chi connectivity index (χ2v) is 4.30. The summed E-state index contributed by atoms with van der Waals surface area (Å²) in [5.74, 6) is 0.179. The molecule has 0 spiro atoms. The van der Waals surface area contributed by atoms with E-state index >= 15 is 0 Å². The second kappa shape index (κ2) is 4.97. The molecular formula is C12H15ClO2. The zero-order chi connectivity index (χ0) is 10.7. The number of rotatable bonds is 2. The molecule has 0 radical (unpaired) electrons. The van der Waals surface area contributed by atoms with Crippen LogP contribution in [0.4, 0.5) is 0 Å². The standard InChI is InChI=1S/C12H15ClO2/c13-11-6-2-1-5-10(11)12-9(8-14)4-3-7-15-12/h1-2,5-6,9,12,14H,3-4,7-8H2. The third-order valence-electron chi connectivity index (χ3n) is 2.89. The lowest BCUT2D eigenvalue weighted by molar-refractivity contribution is -0.0456. The fourth-order valence-electron chi connectivity index (χ4n) is 2.08. The molecule has 2 atom stereocenters. The number of aliphatic hydroxyl groups is 1. The van der Waals surface area contributed by atoms with E-state index in [4.69, 9.17) is 16.3 Å². The van der Waals surface area contributed by atoms with Gasteiger partial charge in [-0.15, -0.1) is 0 Å². The predicted octanol–water partition coefficient (Wildman–Crippen LogP) is 2.80. The van der Waals surface area contributed by atoms with Crippen molar-refractivity contribution in [2.75, 3.05) is 13.2 Å². The normalized spacial score (nSPS) is 26.5.